The van der Waals surface area contributed by atoms with E-state index >= 15 is 0 Å². The molecule has 0 aliphatic heterocycles. The lowest BCUT2D eigenvalue weighted by molar-refractivity contribution is 0.657. The predicted molar refractivity (Wildman–Crippen MR) is 188 cm³/mol. The molecule has 0 aliphatic rings. The summed E-state index contributed by atoms with van der Waals surface area (Å²) in [4.78, 5) is 0. The maximum Gasteiger partial charge on any atom is 0.144 e. The standard InChI is InChI=1S/C42H42O2/c1-3-5-7-11-17-29-23-25-33-35(27-29)43-41-38(32-21-15-10-16-22-32)40-34-26-24-30(18-12-8-6-4-2)28-36(34)44-42(40)37(39(33)41)31-19-13-9-14-20-31/h9-10,13-16,19-28H,3-8,11-12,17-18H2,1-2H3. The molecule has 5 aromatic carbocycles. The number of rotatable bonds is 12. The van der Waals surface area contributed by atoms with Gasteiger partial charge in [-0.05, 0) is 60.1 Å². The average molecular weight is 579 g/mol. The fourth-order valence-corrected chi connectivity index (χ4v) is 6.94. The number of hydrogen-bond acceptors (Lipinski definition) is 2. The summed E-state index contributed by atoms with van der Waals surface area (Å²) < 4.78 is 13.9. The van der Waals surface area contributed by atoms with Gasteiger partial charge in [0.25, 0.3) is 0 Å². The van der Waals surface area contributed by atoms with Crippen molar-refractivity contribution in [2.24, 2.45) is 0 Å². The molecule has 0 aliphatic carbocycles. The monoisotopic (exact) mass is 578 g/mol. The molecule has 2 heterocycles. The lowest BCUT2D eigenvalue weighted by atomic mass is 9.90. The maximum atomic E-state index is 6.95. The molecule has 0 N–H and O–H groups in total. The number of fused-ring (bicyclic) bond motifs is 6. The van der Waals surface area contributed by atoms with E-state index < -0.39 is 0 Å². The van der Waals surface area contributed by atoms with Crippen LogP contribution in [0.25, 0.3) is 66.1 Å². The normalized spacial score (nSPS) is 11.9. The van der Waals surface area contributed by atoms with Crippen LogP contribution in [0.4, 0.5) is 0 Å². The van der Waals surface area contributed by atoms with Crippen molar-refractivity contribution >= 4 is 43.9 Å². The van der Waals surface area contributed by atoms with E-state index in [2.05, 4.69) is 111 Å². The zero-order chi connectivity index (χ0) is 29.9. The molecule has 222 valence electrons. The summed E-state index contributed by atoms with van der Waals surface area (Å²) >= 11 is 0. The van der Waals surface area contributed by atoms with Gasteiger partial charge in [-0.1, -0.05) is 137 Å². The van der Waals surface area contributed by atoms with E-state index in [1.54, 1.807) is 0 Å². The SMILES string of the molecule is CCCCCCc1ccc2c(c1)oc1c(-c3ccccc3)c3c(oc4cc(CCCCCC)ccc43)c(-c3ccccc3)c12. The fourth-order valence-electron chi connectivity index (χ4n) is 6.94. The molecular weight excluding hydrogens is 536 g/mol. The molecule has 7 rings (SSSR count). The van der Waals surface area contributed by atoms with Crippen LogP contribution in [0.1, 0.15) is 76.3 Å². The molecule has 0 spiro atoms. The van der Waals surface area contributed by atoms with E-state index in [4.69, 9.17) is 8.83 Å². The summed E-state index contributed by atoms with van der Waals surface area (Å²) in [6, 6.07) is 35.1. The minimum atomic E-state index is 0.937. The summed E-state index contributed by atoms with van der Waals surface area (Å²) in [6.07, 6.45) is 12.2. The maximum absolute atomic E-state index is 6.95. The van der Waals surface area contributed by atoms with Crippen molar-refractivity contribution < 1.29 is 8.83 Å². The van der Waals surface area contributed by atoms with Crippen LogP contribution in [0, 0.1) is 0 Å². The highest BCUT2D eigenvalue weighted by molar-refractivity contribution is 6.30. The molecule has 0 saturated heterocycles. The molecule has 2 nitrogen and oxygen atoms in total. The van der Waals surface area contributed by atoms with Gasteiger partial charge in [0.15, 0.2) is 0 Å². The quantitative estimate of drug-likeness (QED) is 0.135. The number of aryl methyl sites for hydroxylation is 2. The van der Waals surface area contributed by atoms with E-state index in [0.717, 1.165) is 79.0 Å². The molecular formula is C42H42O2. The second kappa shape index (κ2) is 12.7. The van der Waals surface area contributed by atoms with Gasteiger partial charge < -0.3 is 8.83 Å². The smallest absolute Gasteiger partial charge is 0.144 e. The van der Waals surface area contributed by atoms with Gasteiger partial charge in [-0.3, -0.25) is 0 Å². The zero-order valence-corrected chi connectivity index (χ0v) is 26.1. The van der Waals surface area contributed by atoms with Gasteiger partial charge in [0.05, 0.1) is 0 Å². The van der Waals surface area contributed by atoms with Gasteiger partial charge >= 0.3 is 0 Å². The van der Waals surface area contributed by atoms with Crippen LogP contribution in [-0.2, 0) is 12.8 Å². The van der Waals surface area contributed by atoms with Crippen molar-refractivity contribution in [2.75, 3.05) is 0 Å². The minimum Gasteiger partial charge on any atom is -0.455 e. The van der Waals surface area contributed by atoms with Gasteiger partial charge in [0, 0.05) is 32.7 Å². The summed E-state index contributed by atoms with van der Waals surface area (Å²) in [5.41, 5.74) is 11.0. The second-order valence-corrected chi connectivity index (χ2v) is 12.4. The Morgan fingerprint density at radius 1 is 0.455 bits per heavy atom. The number of furan rings is 2. The third-order valence-electron chi connectivity index (χ3n) is 9.23. The van der Waals surface area contributed by atoms with Crippen molar-refractivity contribution in [3.8, 4) is 22.3 Å². The average Bonchev–Trinajstić information content (AvgIpc) is 3.62. The van der Waals surface area contributed by atoms with Gasteiger partial charge in [0.1, 0.15) is 22.3 Å². The van der Waals surface area contributed by atoms with E-state index in [1.807, 2.05) is 0 Å². The number of unbranched alkanes of at least 4 members (excludes halogenated alkanes) is 6. The van der Waals surface area contributed by atoms with Crippen LogP contribution >= 0.6 is 0 Å². The summed E-state index contributed by atoms with van der Waals surface area (Å²) in [7, 11) is 0. The predicted octanol–water partition coefficient (Wildman–Crippen LogP) is 13.1. The summed E-state index contributed by atoms with van der Waals surface area (Å²) in [6.45, 7) is 4.53. The molecule has 2 heteroatoms. The van der Waals surface area contributed by atoms with Crippen LogP contribution in [-0.4, -0.2) is 0 Å². The number of benzene rings is 5. The van der Waals surface area contributed by atoms with E-state index in [0.29, 0.717) is 0 Å². The van der Waals surface area contributed by atoms with E-state index in [-0.39, 0.29) is 0 Å². The third-order valence-corrected chi connectivity index (χ3v) is 9.23. The first-order valence-electron chi connectivity index (χ1n) is 16.7. The van der Waals surface area contributed by atoms with Crippen molar-refractivity contribution in [2.45, 2.75) is 78.1 Å². The van der Waals surface area contributed by atoms with Gasteiger partial charge in [-0.2, -0.15) is 0 Å². The Balaban J connectivity index is 1.51. The molecule has 0 fully saturated rings. The highest BCUT2D eigenvalue weighted by Crippen LogP contribution is 2.50. The highest BCUT2D eigenvalue weighted by atomic mass is 16.3. The van der Waals surface area contributed by atoms with Gasteiger partial charge in [-0.25, -0.2) is 0 Å². The fraction of sp³-hybridized carbons (Fsp3) is 0.286. The molecule has 0 atom stereocenters. The van der Waals surface area contributed by atoms with Crippen LogP contribution in [0.15, 0.2) is 106 Å². The van der Waals surface area contributed by atoms with E-state index in [9.17, 15) is 0 Å². The molecule has 44 heavy (non-hydrogen) atoms. The van der Waals surface area contributed by atoms with Crippen LogP contribution in [0.5, 0.6) is 0 Å². The Morgan fingerprint density at radius 3 is 1.30 bits per heavy atom. The molecule has 0 bridgehead atoms. The largest absolute Gasteiger partial charge is 0.455 e. The molecule has 0 radical (unpaired) electrons. The van der Waals surface area contributed by atoms with Crippen LogP contribution in [0.3, 0.4) is 0 Å². The van der Waals surface area contributed by atoms with Crippen LogP contribution < -0.4 is 0 Å². The first-order valence-corrected chi connectivity index (χ1v) is 16.7. The number of hydrogen-bond donors (Lipinski definition) is 0. The molecule has 0 amide bonds. The minimum absolute atomic E-state index is 0.937. The zero-order valence-electron chi connectivity index (χ0n) is 26.1. The topological polar surface area (TPSA) is 26.3 Å². The molecule has 2 aromatic heterocycles. The third kappa shape index (κ3) is 5.32. The Labute approximate surface area is 260 Å². The highest BCUT2D eigenvalue weighted by Gasteiger charge is 2.26. The Kier molecular flexibility index (Phi) is 8.24. The van der Waals surface area contributed by atoms with Crippen molar-refractivity contribution in [3.63, 3.8) is 0 Å². The lowest BCUT2D eigenvalue weighted by Gasteiger charge is -2.11. The molecule has 0 saturated carbocycles. The van der Waals surface area contributed by atoms with Gasteiger partial charge in [-0.15, -0.1) is 0 Å². The molecule has 0 unspecified atom stereocenters. The second-order valence-electron chi connectivity index (χ2n) is 12.4. The summed E-state index contributed by atoms with van der Waals surface area (Å²) in [5, 5.41) is 4.56. The van der Waals surface area contributed by atoms with Crippen molar-refractivity contribution in [1.82, 2.24) is 0 Å². The summed E-state index contributed by atoms with van der Waals surface area (Å²) in [5.74, 6) is 0. The first kappa shape index (κ1) is 28.5. The lowest BCUT2D eigenvalue weighted by Crippen LogP contribution is -1.88. The Morgan fingerprint density at radius 2 is 0.886 bits per heavy atom. The first-order chi connectivity index (χ1) is 21.8. The molecule has 7 aromatic rings. The van der Waals surface area contributed by atoms with E-state index in [1.165, 1.54) is 62.5 Å². The Hall–Kier alpha value is -4.30. The van der Waals surface area contributed by atoms with Gasteiger partial charge in [0.2, 0.25) is 0 Å². The van der Waals surface area contributed by atoms with Crippen molar-refractivity contribution in [1.29, 1.82) is 0 Å². The van der Waals surface area contributed by atoms with Crippen LogP contribution in [0.2, 0.25) is 0 Å². The Bertz CT molecular complexity index is 1880. The van der Waals surface area contributed by atoms with Crippen molar-refractivity contribution in [3.05, 3.63) is 108 Å².